The summed E-state index contributed by atoms with van der Waals surface area (Å²) in [6.07, 6.45) is 0. The number of hydrogen-bond donors (Lipinski definition) is 0. The van der Waals surface area contributed by atoms with E-state index in [0.717, 1.165) is 18.0 Å². The molecule has 0 radical (unpaired) electrons. The van der Waals surface area contributed by atoms with Crippen LogP contribution in [0.25, 0.3) is 0 Å². The molecule has 0 aromatic heterocycles. The maximum atomic E-state index is 5.43. The molecule has 0 N–H and O–H groups in total. The third-order valence-electron chi connectivity index (χ3n) is 1.87. The van der Waals surface area contributed by atoms with Crippen molar-refractivity contribution in [1.82, 2.24) is 0 Å². The van der Waals surface area contributed by atoms with E-state index in [2.05, 4.69) is 11.8 Å². The number of hydrazone groups is 1. The Morgan fingerprint density at radius 3 is 3.08 bits per heavy atom. The van der Waals surface area contributed by atoms with Gasteiger partial charge in [0, 0.05) is 6.72 Å². The van der Waals surface area contributed by atoms with E-state index < -0.39 is 0 Å². The topological polar surface area (TPSA) is 24.8 Å². The fourth-order valence-electron chi connectivity index (χ4n) is 1.30. The molecule has 2 rings (SSSR count). The second kappa shape index (κ2) is 2.85. The summed E-state index contributed by atoms with van der Waals surface area (Å²) >= 11 is 0. The van der Waals surface area contributed by atoms with Crippen LogP contribution in [0.15, 0.2) is 29.4 Å². The molecule has 12 heavy (non-hydrogen) atoms. The average molecular weight is 162 g/mol. The van der Waals surface area contributed by atoms with Gasteiger partial charge >= 0.3 is 0 Å². The standard InChI is InChI=1S/C9H10N2O/c1-10-11-6-7-12-9-5-3-2-4-8(9)11/h2-5H,1,6-7H2. The smallest absolute Gasteiger partial charge is 0.144 e. The molecule has 0 spiro atoms. The maximum Gasteiger partial charge on any atom is 0.144 e. The minimum absolute atomic E-state index is 0.677. The van der Waals surface area contributed by atoms with Gasteiger partial charge in [-0.1, -0.05) is 12.1 Å². The zero-order valence-corrected chi connectivity index (χ0v) is 6.73. The van der Waals surface area contributed by atoms with E-state index in [1.807, 2.05) is 29.3 Å². The minimum atomic E-state index is 0.677. The van der Waals surface area contributed by atoms with Gasteiger partial charge in [-0.3, -0.25) is 5.01 Å². The first-order valence-electron chi connectivity index (χ1n) is 3.88. The summed E-state index contributed by atoms with van der Waals surface area (Å²) in [5, 5.41) is 5.74. The number of benzene rings is 1. The van der Waals surface area contributed by atoms with E-state index >= 15 is 0 Å². The van der Waals surface area contributed by atoms with Crippen LogP contribution >= 0.6 is 0 Å². The molecule has 0 fully saturated rings. The summed E-state index contributed by atoms with van der Waals surface area (Å²) in [7, 11) is 0. The van der Waals surface area contributed by atoms with Gasteiger partial charge in [-0.05, 0) is 12.1 Å². The van der Waals surface area contributed by atoms with E-state index in [-0.39, 0.29) is 0 Å². The summed E-state index contributed by atoms with van der Waals surface area (Å²) in [6.45, 7) is 4.96. The van der Waals surface area contributed by atoms with Gasteiger partial charge in [0.25, 0.3) is 0 Å². The van der Waals surface area contributed by atoms with Crippen molar-refractivity contribution in [3.63, 3.8) is 0 Å². The zero-order chi connectivity index (χ0) is 8.39. The molecule has 3 heteroatoms. The molecule has 0 atom stereocenters. The molecule has 0 saturated carbocycles. The number of fused-ring (bicyclic) bond motifs is 1. The van der Waals surface area contributed by atoms with Gasteiger partial charge < -0.3 is 4.74 Å². The lowest BCUT2D eigenvalue weighted by molar-refractivity contribution is 0.308. The van der Waals surface area contributed by atoms with Crippen LogP contribution in [0.3, 0.4) is 0 Å². The average Bonchev–Trinajstić information content (AvgIpc) is 2.17. The number of ether oxygens (including phenoxy) is 1. The molecule has 0 unspecified atom stereocenters. The summed E-state index contributed by atoms with van der Waals surface area (Å²) in [5.41, 5.74) is 0.999. The minimum Gasteiger partial charge on any atom is -0.489 e. The highest BCUT2D eigenvalue weighted by molar-refractivity contribution is 5.59. The number of hydrogen-bond acceptors (Lipinski definition) is 3. The predicted octanol–water partition coefficient (Wildman–Crippen LogP) is 1.50. The molecule has 1 aliphatic heterocycles. The number of rotatable bonds is 1. The van der Waals surface area contributed by atoms with Gasteiger partial charge in [-0.2, -0.15) is 5.10 Å². The molecule has 1 aliphatic rings. The van der Waals surface area contributed by atoms with Gasteiger partial charge in [0.2, 0.25) is 0 Å². The van der Waals surface area contributed by atoms with E-state index in [1.165, 1.54) is 0 Å². The molecule has 1 aromatic rings. The van der Waals surface area contributed by atoms with Gasteiger partial charge in [-0.25, -0.2) is 0 Å². The van der Waals surface area contributed by atoms with Gasteiger partial charge in [0.15, 0.2) is 0 Å². The highest BCUT2D eigenvalue weighted by atomic mass is 16.5. The second-order valence-electron chi connectivity index (χ2n) is 2.58. The van der Waals surface area contributed by atoms with Gasteiger partial charge in [0.1, 0.15) is 18.0 Å². The fourth-order valence-corrected chi connectivity index (χ4v) is 1.30. The first-order chi connectivity index (χ1) is 5.92. The lowest BCUT2D eigenvalue weighted by Gasteiger charge is -2.26. The second-order valence-corrected chi connectivity index (χ2v) is 2.58. The highest BCUT2D eigenvalue weighted by Crippen LogP contribution is 2.30. The van der Waals surface area contributed by atoms with Crippen LogP contribution in [0.1, 0.15) is 0 Å². The first-order valence-corrected chi connectivity index (χ1v) is 3.88. The lowest BCUT2D eigenvalue weighted by Crippen LogP contribution is -2.27. The molecule has 62 valence electrons. The Bertz CT molecular complexity index is 298. The van der Waals surface area contributed by atoms with Crippen LogP contribution in [0.5, 0.6) is 5.75 Å². The maximum absolute atomic E-state index is 5.43. The Morgan fingerprint density at radius 1 is 1.42 bits per heavy atom. The van der Waals surface area contributed by atoms with Crippen LogP contribution < -0.4 is 9.75 Å². The Kier molecular flexibility index (Phi) is 1.70. The third-order valence-corrected chi connectivity index (χ3v) is 1.87. The first kappa shape index (κ1) is 7.16. The van der Waals surface area contributed by atoms with Crippen LogP contribution in [-0.4, -0.2) is 19.9 Å². The summed E-state index contributed by atoms with van der Waals surface area (Å²) in [5.74, 6) is 0.885. The van der Waals surface area contributed by atoms with Crippen molar-refractivity contribution in [2.45, 2.75) is 0 Å². The lowest BCUT2D eigenvalue weighted by atomic mass is 10.2. The Labute approximate surface area is 71.3 Å². The normalized spacial score (nSPS) is 14.8. The summed E-state index contributed by atoms with van der Waals surface area (Å²) < 4.78 is 5.43. The number of anilines is 1. The van der Waals surface area contributed by atoms with Crippen LogP contribution in [-0.2, 0) is 0 Å². The van der Waals surface area contributed by atoms with Crippen molar-refractivity contribution in [3.05, 3.63) is 24.3 Å². The van der Waals surface area contributed by atoms with E-state index in [9.17, 15) is 0 Å². The highest BCUT2D eigenvalue weighted by Gasteiger charge is 2.15. The van der Waals surface area contributed by atoms with Gasteiger partial charge in [-0.15, -0.1) is 0 Å². The van der Waals surface area contributed by atoms with E-state index in [4.69, 9.17) is 4.74 Å². The Hall–Kier alpha value is -1.51. The van der Waals surface area contributed by atoms with Crippen LogP contribution in [0, 0.1) is 0 Å². The molecule has 0 saturated heterocycles. The molecule has 0 amide bonds. The Balaban J connectivity index is 2.43. The molecule has 1 heterocycles. The summed E-state index contributed by atoms with van der Waals surface area (Å²) in [6, 6.07) is 7.83. The fraction of sp³-hybridized carbons (Fsp3) is 0.222. The molecule has 3 nitrogen and oxygen atoms in total. The van der Waals surface area contributed by atoms with E-state index in [1.54, 1.807) is 0 Å². The van der Waals surface area contributed by atoms with Crippen molar-refractivity contribution in [2.24, 2.45) is 5.10 Å². The molecule has 1 aromatic carbocycles. The van der Waals surface area contributed by atoms with Crippen LogP contribution in [0.4, 0.5) is 5.69 Å². The van der Waals surface area contributed by atoms with Crippen molar-refractivity contribution in [2.75, 3.05) is 18.2 Å². The third kappa shape index (κ3) is 1.03. The van der Waals surface area contributed by atoms with Crippen molar-refractivity contribution in [3.8, 4) is 5.75 Å². The molecular weight excluding hydrogens is 152 g/mol. The van der Waals surface area contributed by atoms with Crippen LogP contribution in [0.2, 0.25) is 0 Å². The molecule has 0 bridgehead atoms. The number of para-hydroxylation sites is 2. The van der Waals surface area contributed by atoms with E-state index in [0.29, 0.717) is 6.61 Å². The quantitative estimate of drug-likeness (QED) is 0.584. The monoisotopic (exact) mass is 162 g/mol. The molecule has 0 aliphatic carbocycles. The number of nitrogens with zero attached hydrogens (tertiary/aromatic N) is 2. The van der Waals surface area contributed by atoms with Crippen molar-refractivity contribution in [1.29, 1.82) is 0 Å². The van der Waals surface area contributed by atoms with Crippen molar-refractivity contribution >= 4 is 12.4 Å². The zero-order valence-electron chi connectivity index (χ0n) is 6.73. The van der Waals surface area contributed by atoms with Crippen molar-refractivity contribution < 1.29 is 4.74 Å². The largest absolute Gasteiger partial charge is 0.489 e. The Morgan fingerprint density at radius 2 is 2.25 bits per heavy atom. The molecular formula is C9H10N2O. The van der Waals surface area contributed by atoms with Gasteiger partial charge in [0.05, 0.1) is 6.54 Å². The SMILES string of the molecule is C=NN1CCOc2ccccc21. The predicted molar refractivity (Wildman–Crippen MR) is 48.8 cm³/mol. The summed E-state index contributed by atoms with van der Waals surface area (Å²) in [4.78, 5) is 0.